The minimum absolute atomic E-state index is 0.202. The van der Waals surface area contributed by atoms with Gasteiger partial charge in [0.15, 0.2) is 11.4 Å². The van der Waals surface area contributed by atoms with Gasteiger partial charge in [-0.15, -0.1) is 11.3 Å². The molecule has 0 aliphatic carbocycles. The van der Waals surface area contributed by atoms with Gasteiger partial charge in [-0.05, 0) is 92.9 Å². The second-order valence-corrected chi connectivity index (χ2v) is 15.9. The molecule has 2 aromatic heterocycles. The number of aromatic nitrogens is 1. The normalized spacial score (nSPS) is 16.7. The quantitative estimate of drug-likeness (QED) is 0.0735. The second-order valence-electron chi connectivity index (χ2n) is 13.4. The summed E-state index contributed by atoms with van der Waals surface area (Å²) in [6.07, 6.45) is 17.1. The third kappa shape index (κ3) is 7.99. The number of carboxylic acids is 1. The van der Waals surface area contributed by atoms with E-state index in [4.69, 9.17) is 14.7 Å². The van der Waals surface area contributed by atoms with Crippen molar-refractivity contribution in [3.8, 4) is 10.4 Å². The summed E-state index contributed by atoms with van der Waals surface area (Å²) in [6.45, 7) is 10.1. The number of thiophene rings is 1. The molecule has 0 radical (unpaired) electrons. The van der Waals surface area contributed by atoms with E-state index in [9.17, 15) is 13.2 Å². The van der Waals surface area contributed by atoms with Crippen LogP contribution in [0.15, 0.2) is 95.5 Å². The molecular formula is C38H45N3O5S2+2. The Hall–Kier alpha value is -3.99. The lowest BCUT2D eigenvalue weighted by Crippen LogP contribution is -2.35. The van der Waals surface area contributed by atoms with E-state index in [2.05, 4.69) is 86.2 Å². The molecule has 4 heterocycles. The fourth-order valence-electron chi connectivity index (χ4n) is 6.55. The lowest BCUT2D eigenvalue weighted by Gasteiger charge is -2.16. The Morgan fingerprint density at radius 3 is 2.38 bits per heavy atom. The number of aliphatic imine (C=N–C) groups is 1. The van der Waals surface area contributed by atoms with E-state index in [0.717, 1.165) is 36.5 Å². The molecule has 0 unspecified atom stereocenters. The Morgan fingerprint density at radius 2 is 1.67 bits per heavy atom. The second kappa shape index (κ2) is 14.6. The third-order valence-electron chi connectivity index (χ3n) is 9.19. The van der Waals surface area contributed by atoms with Crippen LogP contribution in [0.1, 0.15) is 70.9 Å². The van der Waals surface area contributed by atoms with Crippen molar-refractivity contribution in [3.63, 3.8) is 0 Å². The average molecular weight is 688 g/mol. The van der Waals surface area contributed by atoms with Gasteiger partial charge in [-0.1, -0.05) is 30.4 Å². The van der Waals surface area contributed by atoms with Crippen LogP contribution in [0, 0.1) is 0 Å². The number of carbonyl (C=O) groups is 1. The van der Waals surface area contributed by atoms with Crippen LogP contribution in [-0.4, -0.2) is 52.3 Å². The summed E-state index contributed by atoms with van der Waals surface area (Å²) in [7, 11) is -4.01. The maximum Gasteiger partial charge on any atom is 0.327 e. The van der Waals surface area contributed by atoms with Crippen molar-refractivity contribution in [2.24, 2.45) is 4.99 Å². The van der Waals surface area contributed by atoms with Crippen LogP contribution in [0.4, 0.5) is 11.5 Å². The van der Waals surface area contributed by atoms with Gasteiger partial charge in [-0.3, -0.25) is 9.35 Å². The van der Waals surface area contributed by atoms with Gasteiger partial charge >= 0.3 is 11.8 Å². The molecule has 2 aliphatic heterocycles. The van der Waals surface area contributed by atoms with Crippen LogP contribution >= 0.6 is 11.3 Å². The Kier molecular flexibility index (Phi) is 10.8. The predicted octanol–water partition coefficient (Wildman–Crippen LogP) is 7.73. The molecule has 2 N–H and O–H groups in total. The molecule has 3 aromatic rings. The van der Waals surface area contributed by atoms with Gasteiger partial charge in [0.05, 0.1) is 34.9 Å². The topological polar surface area (TPSA) is 111 Å². The zero-order valence-corrected chi connectivity index (χ0v) is 29.7. The molecule has 0 saturated carbocycles. The standard InChI is InChI=1S/C38H43N3O5S2/c1-37(2)29-15-12-22-40(23-14-26-48(44,45)46)36(29)39-33(37)17-8-5-6-9-18-34-38(3,4)30-27-28(32-16-13-25-47-32)20-21-31(30)41(34)24-11-7-10-19-35(42)43/h5-6,8-9,12-13,15-18,20-22,25,27H,7,10-11,14,19,23-24,26H2,1-4H3/p+2/b6-5+,17-8+,18-9+. The Labute approximate surface area is 288 Å². The number of unbranched alkanes of at least 4 members (excludes halogenated alkanes) is 2. The first kappa shape index (κ1) is 35.3. The molecule has 0 amide bonds. The molecule has 0 saturated heterocycles. The predicted molar refractivity (Wildman–Crippen MR) is 194 cm³/mol. The molecule has 2 aliphatic rings. The first-order chi connectivity index (χ1) is 22.8. The molecule has 8 nitrogen and oxygen atoms in total. The average Bonchev–Trinajstić information content (AvgIpc) is 3.70. The molecule has 1 aromatic carbocycles. The summed E-state index contributed by atoms with van der Waals surface area (Å²) >= 11 is 1.74. The van der Waals surface area contributed by atoms with Gasteiger partial charge in [0, 0.05) is 41.8 Å². The summed E-state index contributed by atoms with van der Waals surface area (Å²) in [6, 6.07) is 15.0. The Balaban J connectivity index is 1.33. The number of aliphatic carboxylic acids is 1. The van der Waals surface area contributed by atoms with Crippen LogP contribution in [0.3, 0.4) is 0 Å². The summed E-state index contributed by atoms with van der Waals surface area (Å²) in [5, 5.41) is 11.2. The highest BCUT2D eigenvalue weighted by Crippen LogP contribution is 2.43. The molecule has 5 rings (SSSR count). The molecule has 0 fully saturated rings. The SMILES string of the molecule is CC1(C)C(/C=C/C=C/C=C/C2=Nc3c(ccc[n+]3CCCS(=O)(=O)O)C2(C)C)=[N+](CCCCCC(=O)O)c2ccc(-c3cccs3)cc21. The molecule has 0 bridgehead atoms. The maximum absolute atomic E-state index is 11.2. The number of benzene rings is 1. The molecule has 48 heavy (non-hydrogen) atoms. The number of fused-ring (bicyclic) bond motifs is 2. The van der Waals surface area contributed by atoms with Gasteiger partial charge in [0.2, 0.25) is 5.69 Å². The summed E-state index contributed by atoms with van der Waals surface area (Å²) in [5.41, 5.74) is 6.39. The fraction of sp³-hybridized carbons (Fsp3) is 0.368. The van der Waals surface area contributed by atoms with Crippen LogP contribution in [0.2, 0.25) is 0 Å². The number of hydrogen-bond donors (Lipinski definition) is 2. The largest absolute Gasteiger partial charge is 0.481 e. The van der Waals surface area contributed by atoms with E-state index in [1.54, 1.807) is 11.3 Å². The number of rotatable bonds is 15. The van der Waals surface area contributed by atoms with Crippen molar-refractivity contribution in [1.82, 2.24) is 0 Å². The number of pyridine rings is 1. The van der Waals surface area contributed by atoms with Crippen molar-refractivity contribution in [3.05, 3.63) is 102 Å². The Bertz CT molecular complexity index is 1930. The van der Waals surface area contributed by atoms with E-state index in [1.165, 1.54) is 27.4 Å². The van der Waals surface area contributed by atoms with Gasteiger partial charge < -0.3 is 5.11 Å². The summed E-state index contributed by atoms with van der Waals surface area (Å²) in [4.78, 5) is 17.2. The number of hydrogen-bond acceptors (Lipinski definition) is 5. The molecule has 0 atom stereocenters. The first-order valence-corrected chi connectivity index (χ1v) is 18.9. The zero-order chi connectivity index (χ0) is 34.5. The van der Waals surface area contributed by atoms with E-state index >= 15 is 0 Å². The monoisotopic (exact) mass is 687 g/mol. The van der Waals surface area contributed by atoms with Gasteiger partial charge in [0.1, 0.15) is 6.54 Å². The highest BCUT2D eigenvalue weighted by atomic mass is 32.2. The van der Waals surface area contributed by atoms with E-state index in [1.807, 2.05) is 41.1 Å². The maximum atomic E-state index is 11.2. The van der Waals surface area contributed by atoms with Gasteiger partial charge in [-0.2, -0.15) is 13.0 Å². The number of nitrogens with zero attached hydrogens (tertiary/aromatic N) is 3. The van der Waals surface area contributed by atoms with E-state index in [0.29, 0.717) is 19.4 Å². The highest BCUT2D eigenvalue weighted by molar-refractivity contribution is 7.85. The molecule has 252 valence electrons. The lowest BCUT2D eigenvalue weighted by molar-refractivity contribution is -0.684. The van der Waals surface area contributed by atoms with Crippen molar-refractivity contribution in [1.29, 1.82) is 0 Å². The van der Waals surface area contributed by atoms with Crippen molar-refractivity contribution >= 4 is 50.4 Å². The van der Waals surface area contributed by atoms with E-state index in [-0.39, 0.29) is 23.0 Å². The molecule has 0 spiro atoms. The Morgan fingerprint density at radius 1 is 0.896 bits per heavy atom. The van der Waals surface area contributed by atoms with Crippen LogP contribution < -0.4 is 4.57 Å². The van der Waals surface area contributed by atoms with Crippen LogP contribution in [0.5, 0.6) is 0 Å². The number of aryl methyl sites for hydroxylation is 1. The fourth-order valence-corrected chi connectivity index (χ4v) is 7.77. The van der Waals surface area contributed by atoms with Crippen LogP contribution in [0.25, 0.3) is 10.4 Å². The van der Waals surface area contributed by atoms with Crippen molar-refractivity contribution < 1.29 is 32.0 Å². The van der Waals surface area contributed by atoms with Gasteiger partial charge in [-0.25, -0.2) is 4.57 Å². The minimum Gasteiger partial charge on any atom is -0.481 e. The number of allylic oxidation sites excluding steroid dienone is 6. The molecular weight excluding hydrogens is 643 g/mol. The van der Waals surface area contributed by atoms with Crippen LogP contribution in [-0.2, 0) is 32.3 Å². The lowest BCUT2D eigenvalue weighted by atomic mass is 9.80. The smallest absolute Gasteiger partial charge is 0.327 e. The van der Waals surface area contributed by atoms with Crippen molar-refractivity contribution in [2.45, 2.75) is 77.2 Å². The minimum atomic E-state index is -4.01. The number of carboxylic acid groups (broad SMARTS) is 1. The van der Waals surface area contributed by atoms with Crippen molar-refractivity contribution in [2.75, 3.05) is 12.3 Å². The summed E-state index contributed by atoms with van der Waals surface area (Å²) in [5.74, 6) is -0.221. The van der Waals surface area contributed by atoms with E-state index < -0.39 is 16.1 Å². The zero-order valence-electron chi connectivity index (χ0n) is 28.1. The summed E-state index contributed by atoms with van der Waals surface area (Å²) < 4.78 is 35.8. The highest BCUT2D eigenvalue weighted by Gasteiger charge is 2.44. The van der Waals surface area contributed by atoms with Gasteiger partial charge in [0.25, 0.3) is 10.1 Å². The molecule has 10 heteroatoms. The third-order valence-corrected chi connectivity index (χ3v) is 10.9. The first-order valence-electron chi connectivity index (χ1n) is 16.4.